The number of ether oxygens (including phenoxy) is 1. The predicted octanol–water partition coefficient (Wildman–Crippen LogP) is 8.38. The van der Waals surface area contributed by atoms with Crippen molar-refractivity contribution in [2.24, 2.45) is 50.2 Å². The molecular weight excluding hydrogens is 628 g/mol. The number of hydrogen-bond donors (Lipinski definition) is 3. The van der Waals surface area contributed by atoms with Crippen LogP contribution in [0.4, 0.5) is 0 Å². The van der Waals surface area contributed by atoms with Crippen LogP contribution in [0.25, 0.3) is 0 Å². The van der Waals surface area contributed by atoms with Crippen molar-refractivity contribution in [3.63, 3.8) is 0 Å². The number of hydrogen-bond acceptors (Lipinski definition) is 5. The summed E-state index contributed by atoms with van der Waals surface area (Å²) in [5.41, 5.74) is 1.68. The van der Waals surface area contributed by atoms with Crippen LogP contribution in [0.2, 0.25) is 0 Å². The van der Waals surface area contributed by atoms with Gasteiger partial charge in [0.2, 0.25) is 11.8 Å². The van der Waals surface area contributed by atoms with Gasteiger partial charge in [-0.25, -0.2) is 0 Å². The second-order valence-corrected chi connectivity index (χ2v) is 19.2. The average molecular weight is 697 g/mol. The van der Waals surface area contributed by atoms with Crippen molar-refractivity contribution in [2.75, 3.05) is 13.1 Å². The summed E-state index contributed by atoms with van der Waals surface area (Å²) in [4.78, 5) is 49.5. The molecule has 0 radical (unpaired) electrons. The number of aliphatic carboxylic acids is 1. The van der Waals surface area contributed by atoms with Crippen LogP contribution in [0.3, 0.4) is 0 Å². The first-order valence-corrected chi connectivity index (χ1v) is 20.0. The van der Waals surface area contributed by atoms with E-state index in [1.54, 1.807) is 5.57 Å². The molecule has 2 amide bonds. The standard InChI is InChI=1S/C42H68N2O6/c1-9-13-35(48)50-32-18-19-39(6)30(38(32,4)5)17-20-41(8)31(39)16-15-28-29-26-37(2,3)21-23-42(29,24-22-40(28,41)7)36(49)43-25-12-10-11-14-33(45)44-27-34(46)47/h15,29-32H,9-14,16-27H2,1-8H3,(H,43,49)(H,44,45)(H,46,47)/t29-,30-,31+,32-,39-,40+,41+,42-/m0/s1. The summed E-state index contributed by atoms with van der Waals surface area (Å²) in [6, 6.07) is 0. The molecule has 0 aliphatic heterocycles. The molecule has 5 aliphatic rings. The molecule has 282 valence electrons. The number of carbonyl (C=O) groups excluding carboxylic acids is 3. The highest BCUT2D eigenvalue weighted by atomic mass is 16.5. The van der Waals surface area contributed by atoms with E-state index in [4.69, 9.17) is 9.84 Å². The third-order valence-electron chi connectivity index (χ3n) is 15.6. The van der Waals surface area contributed by atoms with E-state index in [9.17, 15) is 19.2 Å². The molecule has 0 heterocycles. The Hall–Kier alpha value is -2.38. The summed E-state index contributed by atoms with van der Waals surface area (Å²) < 4.78 is 6.17. The molecule has 5 rings (SSSR count). The Morgan fingerprint density at radius 2 is 1.56 bits per heavy atom. The second kappa shape index (κ2) is 14.2. The van der Waals surface area contributed by atoms with Crippen molar-refractivity contribution in [1.82, 2.24) is 10.6 Å². The van der Waals surface area contributed by atoms with Crippen molar-refractivity contribution in [1.29, 1.82) is 0 Å². The predicted molar refractivity (Wildman–Crippen MR) is 196 cm³/mol. The molecule has 50 heavy (non-hydrogen) atoms. The third kappa shape index (κ3) is 6.79. The van der Waals surface area contributed by atoms with Crippen LogP contribution in [0.15, 0.2) is 11.6 Å². The molecule has 8 nitrogen and oxygen atoms in total. The Balaban J connectivity index is 1.32. The van der Waals surface area contributed by atoms with Crippen LogP contribution >= 0.6 is 0 Å². The average Bonchev–Trinajstić information content (AvgIpc) is 3.03. The summed E-state index contributed by atoms with van der Waals surface area (Å²) in [6.45, 7) is 19.5. The van der Waals surface area contributed by atoms with E-state index in [0.717, 1.165) is 77.0 Å². The van der Waals surface area contributed by atoms with E-state index in [1.807, 2.05) is 6.92 Å². The minimum Gasteiger partial charge on any atom is -0.480 e. The normalized spacial score (nSPS) is 38.2. The van der Waals surface area contributed by atoms with Crippen molar-refractivity contribution in [3.8, 4) is 0 Å². The molecule has 4 fully saturated rings. The van der Waals surface area contributed by atoms with Gasteiger partial charge in [-0.3, -0.25) is 19.2 Å². The molecule has 8 heteroatoms. The summed E-state index contributed by atoms with van der Waals surface area (Å²) in [5.74, 6) is 0.201. The van der Waals surface area contributed by atoms with E-state index in [-0.39, 0.29) is 68.8 Å². The van der Waals surface area contributed by atoms with Gasteiger partial charge in [0.15, 0.2) is 0 Å². The smallest absolute Gasteiger partial charge is 0.322 e. The van der Waals surface area contributed by atoms with Crippen molar-refractivity contribution in [2.45, 2.75) is 164 Å². The number of rotatable bonds is 12. The molecule has 8 atom stereocenters. The Morgan fingerprint density at radius 1 is 0.840 bits per heavy atom. The fourth-order valence-electron chi connectivity index (χ4n) is 12.5. The van der Waals surface area contributed by atoms with Gasteiger partial charge in [0.25, 0.3) is 0 Å². The lowest BCUT2D eigenvalue weighted by atomic mass is 9.33. The number of carboxylic acids is 1. The highest BCUT2D eigenvalue weighted by molar-refractivity contribution is 5.84. The lowest BCUT2D eigenvalue weighted by Gasteiger charge is -2.71. The molecular formula is C42H68N2O6. The van der Waals surface area contributed by atoms with Crippen molar-refractivity contribution < 1.29 is 29.0 Å². The van der Waals surface area contributed by atoms with Crippen LogP contribution in [0.5, 0.6) is 0 Å². The van der Waals surface area contributed by atoms with Gasteiger partial charge in [0, 0.05) is 24.8 Å². The number of unbranched alkanes of at least 4 members (excludes halogenated alkanes) is 2. The molecule has 0 bridgehead atoms. The van der Waals surface area contributed by atoms with Gasteiger partial charge in [0.1, 0.15) is 12.6 Å². The SMILES string of the molecule is CCCC(=O)O[C@H]1CC[C@]2(C)[C@H]3CC=C4[C@@H]5CC(C)(C)CC[C@]5(C(=O)NCCCCCC(=O)NCC(=O)O)CC[C@@]4(C)[C@]3(C)CC[C@H]2C1(C)C. The minimum atomic E-state index is -1.04. The Labute approximate surface area is 302 Å². The number of amides is 2. The van der Waals surface area contributed by atoms with Gasteiger partial charge < -0.3 is 20.5 Å². The summed E-state index contributed by atoms with van der Waals surface area (Å²) in [6.07, 6.45) is 17.0. The van der Waals surface area contributed by atoms with E-state index in [1.165, 1.54) is 6.42 Å². The van der Waals surface area contributed by atoms with Gasteiger partial charge in [-0.05, 0) is 123 Å². The minimum absolute atomic E-state index is 0.0177. The lowest BCUT2D eigenvalue weighted by Crippen LogP contribution is -2.65. The maximum absolute atomic E-state index is 14.4. The Bertz CT molecular complexity index is 1350. The summed E-state index contributed by atoms with van der Waals surface area (Å²) in [7, 11) is 0. The van der Waals surface area contributed by atoms with Crippen LogP contribution in [0.1, 0.15) is 158 Å². The number of carboxylic acid groups (broad SMARTS) is 1. The molecule has 4 saturated carbocycles. The highest BCUT2D eigenvalue weighted by Gasteiger charge is 2.69. The van der Waals surface area contributed by atoms with Crippen LogP contribution in [-0.4, -0.2) is 48.1 Å². The molecule has 0 unspecified atom stereocenters. The lowest BCUT2D eigenvalue weighted by molar-refractivity contribution is -0.213. The first kappa shape index (κ1) is 38.8. The van der Waals surface area contributed by atoms with Gasteiger partial charge in [-0.15, -0.1) is 0 Å². The number of fused-ring (bicyclic) bond motifs is 7. The number of nitrogens with one attached hydrogen (secondary N) is 2. The van der Waals surface area contributed by atoms with Crippen LogP contribution < -0.4 is 10.6 Å². The van der Waals surface area contributed by atoms with E-state index >= 15 is 0 Å². The van der Waals surface area contributed by atoms with E-state index in [2.05, 4.69) is 65.2 Å². The maximum atomic E-state index is 14.4. The zero-order chi connectivity index (χ0) is 36.8. The van der Waals surface area contributed by atoms with Crippen molar-refractivity contribution in [3.05, 3.63) is 11.6 Å². The van der Waals surface area contributed by atoms with E-state index in [0.29, 0.717) is 37.6 Å². The third-order valence-corrected chi connectivity index (χ3v) is 15.6. The van der Waals surface area contributed by atoms with Crippen LogP contribution in [-0.2, 0) is 23.9 Å². The topological polar surface area (TPSA) is 122 Å². The van der Waals surface area contributed by atoms with Crippen LogP contribution in [0, 0.1) is 50.2 Å². The molecule has 0 spiro atoms. The Morgan fingerprint density at radius 3 is 2.26 bits per heavy atom. The summed E-state index contributed by atoms with van der Waals surface area (Å²) in [5, 5.41) is 14.5. The maximum Gasteiger partial charge on any atom is 0.322 e. The largest absolute Gasteiger partial charge is 0.480 e. The monoisotopic (exact) mass is 697 g/mol. The van der Waals surface area contributed by atoms with Crippen molar-refractivity contribution >= 4 is 23.8 Å². The van der Waals surface area contributed by atoms with Gasteiger partial charge in [-0.1, -0.05) is 73.5 Å². The number of esters is 1. The molecule has 0 aromatic rings. The fraction of sp³-hybridized carbons (Fsp3) is 0.857. The first-order valence-electron chi connectivity index (χ1n) is 20.0. The highest BCUT2D eigenvalue weighted by Crippen LogP contribution is 2.75. The molecule has 5 aliphatic carbocycles. The number of carbonyl (C=O) groups is 4. The quantitative estimate of drug-likeness (QED) is 0.107. The Kier molecular flexibility index (Phi) is 11.0. The van der Waals surface area contributed by atoms with Gasteiger partial charge >= 0.3 is 11.9 Å². The zero-order valence-corrected chi connectivity index (χ0v) is 32.6. The molecule has 0 aromatic heterocycles. The van der Waals surface area contributed by atoms with Gasteiger partial charge in [-0.2, -0.15) is 0 Å². The van der Waals surface area contributed by atoms with E-state index < -0.39 is 5.97 Å². The molecule has 0 saturated heterocycles. The van der Waals surface area contributed by atoms with Gasteiger partial charge in [0.05, 0.1) is 5.41 Å². The second-order valence-electron chi connectivity index (χ2n) is 19.2. The number of allylic oxidation sites excluding steroid dienone is 2. The zero-order valence-electron chi connectivity index (χ0n) is 32.6. The summed E-state index contributed by atoms with van der Waals surface area (Å²) >= 11 is 0. The molecule has 3 N–H and O–H groups in total. The molecule has 0 aromatic carbocycles. The fourth-order valence-corrected chi connectivity index (χ4v) is 12.5. The first-order chi connectivity index (χ1) is 23.4.